The second-order valence-corrected chi connectivity index (χ2v) is 5.54. The summed E-state index contributed by atoms with van der Waals surface area (Å²) in [5, 5.41) is 23.9. The number of hydrogen-bond acceptors (Lipinski definition) is 4. The fourth-order valence-electron chi connectivity index (χ4n) is 1.56. The van der Waals surface area contributed by atoms with Gasteiger partial charge < -0.3 is 15.5 Å². The average Bonchev–Trinajstić information content (AvgIpc) is 2.73. The maximum absolute atomic E-state index is 9.33. The Labute approximate surface area is 105 Å². The summed E-state index contributed by atoms with van der Waals surface area (Å²) in [4.78, 5) is 0. The fourth-order valence-corrected chi connectivity index (χ4v) is 2.54. The number of halogens is 1. The molecular weight excluding hydrogens is 246 g/mol. The van der Waals surface area contributed by atoms with Crippen molar-refractivity contribution in [3.63, 3.8) is 0 Å². The Bertz CT molecular complexity index is 317. The van der Waals surface area contributed by atoms with Gasteiger partial charge in [-0.15, -0.1) is 11.3 Å². The lowest BCUT2D eigenvalue weighted by atomic mass is 9.96. The molecule has 0 saturated heterocycles. The molecule has 0 aliphatic rings. The molecule has 16 heavy (non-hydrogen) atoms. The third-order valence-electron chi connectivity index (χ3n) is 2.89. The molecule has 5 heteroatoms. The highest BCUT2D eigenvalue weighted by molar-refractivity contribution is 7.14. The number of aliphatic hydroxyl groups excluding tert-OH is 2. The van der Waals surface area contributed by atoms with Gasteiger partial charge in [0.1, 0.15) is 0 Å². The molecule has 1 atom stereocenters. The molecule has 1 unspecified atom stereocenters. The highest BCUT2D eigenvalue weighted by Crippen LogP contribution is 2.26. The maximum atomic E-state index is 9.33. The van der Waals surface area contributed by atoms with E-state index in [9.17, 15) is 10.2 Å². The van der Waals surface area contributed by atoms with Crippen molar-refractivity contribution in [2.24, 2.45) is 0 Å². The van der Waals surface area contributed by atoms with Crippen LogP contribution in [0.5, 0.6) is 0 Å². The maximum Gasteiger partial charge on any atom is 0.0931 e. The lowest BCUT2D eigenvalue weighted by Crippen LogP contribution is -2.52. The normalized spacial score (nSPS) is 14.1. The number of aliphatic hydroxyl groups is 2. The molecule has 0 aromatic carbocycles. The molecule has 1 aromatic heterocycles. The molecule has 3 N–H and O–H groups in total. The van der Waals surface area contributed by atoms with Gasteiger partial charge in [0.2, 0.25) is 0 Å². The van der Waals surface area contributed by atoms with Gasteiger partial charge in [-0.25, -0.2) is 0 Å². The Balaban J connectivity index is 2.72. The van der Waals surface area contributed by atoms with E-state index in [0.717, 1.165) is 9.90 Å². The number of nitrogens with one attached hydrogen (secondary N) is 1. The Morgan fingerprint density at radius 3 is 2.50 bits per heavy atom. The highest BCUT2D eigenvalue weighted by Gasteiger charge is 2.28. The molecule has 1 aromatic rings. The van der Waals surface area contributed by atoms with Crippen LogP contribution >= 0.6 is 22.9 Å². The van der Waals surface area contributed by atoms with Crippen LogP contribution in [-0.2, 0) is 0 Å². The summed E-state index contributed by atoms with van der Waals surface area (Å²) in [6, 6.07) is 1.96. The summed E-state index contributed by atoms with van der Waals surface area (Å²) in [6.07, 6.45) is 0.669. The smallest absolute Gasteiger partial charge is 0.0931 e. The summed E-state index contributed by atoms with van der Waals surface area (Å²) in [5.41, 5.74) is 0.461. The largest absolute Gasteiger partial charge is 0.394 e. The van der Waals surface area contributed by atoms with Crippen molar-refractivity contribution in [1.29, 1.82) is 0 Å². The quantitative estimate of drug-likeness (QED) is 0.738. The third-order valence-corrected chi connectivity index (χ3v) is 4.00. The Morgan fingerprint density at radius 2 is 2.12 bits per heavy atom. The minimum absolute atomic E-state index is 0.0583. The first kappa shape index (κ1) is 13.9. The molecule has 0 amide bonds. The first-order valence-corrected chi connectivity index (χ1v) is 6.56. The van der Waals surface area contributed by atoms with Crippen LogP contribution in [0.3, 0.4) is 0 Å². The summed E-state index contributed by atoms with van der Waals surface area (Å²) in [7, 11) is 0. The van der Waals surface area contributed by atoms with Gasteiger partial charge in [0, 0.05) is 6.04 Å². The van der Waals surface area contributed by atoms with E-state index in [4.69, 9.17) is 11.6 Å². The van der Waals surface area contributed by atoms with Gasteiger partial charge >= 0.3 is 0 Å². The second-order valence-electron chi connectivity index (χ2n) is 4.00. The van der Waals surface area contributed by atoms with Gasteiger partial charge in [-0.05, 0) is 30.4 Å². The molecule has 0 radical (unpaired) electrons. The van der Waals surface area contributed by atoms with Gasteiger partial charge in [-0.2, -0.15) is 0 Å². The van der Waals surface area contributed by atoms with Crippen molar-refractivity contribution in [1.82, 2.24) is 5.32 Å². The van der Waals surface area contributed by atoms with E-state index in [1.54, 1.807) is 0 Å². The van der Waals surface area contributed by atoms with Gasteiger partial charge in [0.05, 0.1) is 23.1 Å². The van der Waals surface area contributed by atoms with E-state index < -0.39 is 5.54 Å². The van der Waals surface area contributed by atoms with Crippen molar-refractivity contribution < 1.29 is 10.2 Å². The van der Waals surface area contributed by atoms with Crippen LogP contribution in [0.15, 0.2) is 11.4 Å². The standard InChI is InChI=1S/C11H18ClNO2S/c1-3-11(6-14,7-15)13-8(2)9-4-10(12)16-5-9/h4-5,8,13-15H,3,6-7H2,1-2H3. The van der Waals surface area contributed by atoms with Crippen LogP contribution < -0.4 is 5.32 Å². The van der Waals surface area contributed by atoms with Crippen LogP contribution in [0, 0.1) is 0 Å². The molecule has 0 fully saturated rings. The fraction of sp³-hybridized carbons (Fsp3) is 0.636. The van der Waals surface area contributed by atoms with E-state index >= 15 is 0 Å². The van der Waals surface area contributed by atoms with E-state index in [0.29, 0.717) is 6.42 Å². The van der Waals surface area contributed by atoms with Crippen molar-refractivity contribution in [2.45, 2.75) is 31.8 Å². The summed E-state index contributed by atoms with van der Waals surface area (Å²) in [5.74, 6) is 0. The van der Waals surface area contributed by atoms with Crippen molar-refractivity contribution in [3.8, 4) is 0 Å². The van der Waals surface area contributed by atoms with Crippen LogP contribution in [0.2, 0.25) is 4.34 Å². The zero-order chi connectivity index (χ0) is 12.2. The minimum atomic E-state index is -0.617. The zero-order valence-corrected chi connectivity index (χ0v) is 11.1. The number of thiophene rings is 1. The minimum Gasteiger partial charge on any atom is -0.394 e. The third kappa shape index (κ3) is 3.18. The first-order chi connectivity index (χ1) is 7.56. The van der Waals surface area contributed by atoms with Crippen molar-refractivity contribution in [2.75, 3.05) is 13.2 Å². The van der Waals surface area contributed by atoms with Gasteiger partial charge in [-0.1, -0.05) is 18.5 Å². The Hall–Kier alpha value is -0.130. The van der Waals surface area contributed by atoms with E-state index in [2.05, 4.69) is 5.32 Å². The molecule has 0 spiro atoms. The topological polar surface area (TPSA) is 52.5 Å². The molecule has 1 heterocycles. The van der Waals surface area contributed by atoms with Crippen LogP contribution in [0.4, 0.5) is 0 Å². The monoisotopic (exact) mass is 263 g/mol. The predicted molar refractivity (Wildman–Crippen MR) is 68.1 cm³/mol. The molecular formula is C11H18ClNO2S. The molecule has 1 rings (SSSR count). The van der Waals surface area contributed by atoms with Crippen LogP contribution in [0.1, 0.15) is 31.9 Å². The van der Waals surface area contributed by atoms with E-state index in [1.807, 2.05) is 25.3 Å². The zero-order valence-electron chi connectivity index (χ0n) is 9.53. The number of rotatable bonds is 6. The summed E-state index contributed by atoms with van der Waals surface area (Å²) >= 11 is 7.35. The highest BCUT2D eigenvalue weighted by atomic mass is 35.5. The Kier molecular flexibility index (Phi) is 5.21. The lowest BCUT2D eigenvalue weighted by Gasteiger charge is -2.33. The first-order valence-electron chi connectivity index (χ1n) is 5.30. The SMILES string of the molecule is CCC(CO)(CO)NC(C)c1csc(Cl)c1. The van der Waals surface area contributed by atoms with E-state index in [1.165, 1.54) is 11.3 Å². The Morgan fingerprint density at radius 1 is 1.50 bits per heavy atom. The lowest BCUT2D eigenvalue weighted by molar-refractivity contribution is 0.0793. The summed E-state index contributed by atoms with van der Waals surface area (Å²) in [6.45, 7) is 3.77. The molecule has 92 valence electrons. The summed E-state index contributed by atoms with van der Waals surface area (Å²) < 4.78 is 0.749. The molecule has 0 saturated carbocycles. The van der Waals surface area contributed by atoms with Crippen molar-refractivity contribution in [3.05, 3.63) is 21.3 Å². The molecule has 0 aliphatic carbocycles. The average molecular weight is 264 g/mol. The van der Waals surface area contributed by atoms with Gasteiger partial charge in [0.15, 0.2) is 0 Å². The van der Waals surface area contributed by atoms with Crippen molar-refractivity contribution >= 4 is 22.9 Å². The number of hydrogen-bond donors (Lipinski definition) is 3. The van der Waals surface area contributed by atoms with Gasteiger partial charge in [-0.3, -0.25) is 0 Å². The van der Waals surface area contributed by atoms with E-state index in [-0.39, 0.29) is 19.3 Å². The molecule has 3 nitrogen and oxygen atoms in total. The predicted octanol–water partition coefficient (Wildman–Crippen LogP) is 2.19. The van der Waals surface area contributed by atoms with Gasteiger partial charge in [0.25, 0.3) is 0 Å². The second kappa shape index (κ2) is 5.98. The van der Waals surface area contributed by atoms with Crippen LogP contribution in [0.25, 0.3) is 0 Å². The molecule has 0 aliphatic heterocycles. The molecule has 0 bridgehead atoms. The van der Waals surface area contributed by atoms with Crippen LogP contribution in [-0.4, -0.2) is 29.0 Å².